The fraction of sp³-hybridized carbons (Fsp3) is 0.385. The predicted octanol–water partition coefficient (Wildman–Crippen LogP) is 6.55. The molecule has 3 aromatic rings. The van der Waals surface area contributed by atoms with Gasteiger partial charge >= 0.3 is 5.97 Å². The number of nitrogens with zero attached hydrogens (tertiary/aromatic N) is 2. The van der Waals surface area contributed by atoms with Crippen LogP contribution >= 0.6 is 22.7 Å². The first-order valence-electron chi connectivity index (χ1n) is 11.7. The van der Waals surface area contributed by atoms with Gasteiger partial charge in [-0.15, -0.1) is 22.7 Å². The molecule has 1 fully saturated rings. The van der Waals surface area contributed by atoms with Gasteiger partial charge in [-0.1, -0.05) is 19.1 Å². The zero-order valence-corrected chi connectivity index (χ0v) is 22.3. The van der Waals surface area contributed by atoms with Gasteiger partial charge in [0, 0.05) is 27.9 Å². The Morgan fingerprint density at radius 3 is 2.33 bits per heavy atom. The van der Waals surface area contributed by atoms with Crippen LogP contribution in [-0.4, -0.2) is 33.9 Å². The van der Waals surface area contributed by atoms with Crippen molar-refractivity contribution in [3.8, 4) is 10.4 Å². The lowest BCUT2D eigenvalue weighted by molar-refractivity contribution is -0.123. The number of thiazole rings is 1. The van der Waals surface area contributed by atoms with Crippen LogP contribution in [0.3, 0.4) is 0 Å². The fourth-order valence-corrected chi connectivity index (χ4v) is 5.97. The minimum absolute atomic E-state index is 0. The van der Waals surface area contributed by atoms with Crippen LogP contribution < -0.4 is 16.4 Å². The number of benzene rings is 1. The van der Waals surface area contributed by atoms with Crippen LogP contribution in [0.15, 0.2) is 41.2 Å². The highest BCUT2D eigenvalue weighted by atomic mass is 32.1. The second kappa shape index (κ2) is 11.8. The minimum Gasteiger partial charge on any atom is -0.477 e. The molecule has 2 aromatic heterocycles. The number of anilines is 2. The Bertz CT molecular complexity index is 1200. The highest BCUT2D eigenvalue weighted by molar-refractivity contribution is 7.18. The molecule has 1 aromatic carbocycles. The van der Waals surface area contributed by atoms with Crippen molar-refractivity contribution in [3.05, 3.63) is 51.8 Å². The number of hydrogen-bond acceptors (Lipinski definition) is 7. The lowest BCUT2D eigenvalue weighted by Gasteiger charge is -2.33. The predicted molar refractivity (Wildman–Crippen MR) is 146 cm³/mol. The Morgan fingerprint density at radius 1 is 1.11 bits per heavy atom. The maximum absolute atomic E-state index is 13.5. The molecule has 36 heavy (non-hydrogen) atoms. The maximum Gasteiger partial charge on any atom is 0.348 e. The Hall–Kier alpha value is -3.08. The Morgan fingerprint density at radius 2 is 1.78 bits per heavy atom. The average Bonchev–Trinajstić information content (AvgIpc) is 3.51. The molecular weight excluding hydrogens is 496 g/mol. The summed E-state index contributed by atoms with van der Waals surface area (Å²) in [6.07, 6.45) is 3.73. The van der Waals surface area contributed by atoms with Crippen LogP contribution in [0.25, 0.3) is 10.4 Å². The van der Waals surface area contributed by atoms with Crippen molar-refractivity contribution < 1.29 is 19.5 Å². The number of amides is 2. The number of aromatic carboxylic acids is 1. The summed E-state index contributed by atoms with van der Waals surface area (Å²) in [4.78, 5) is 44.5. The molecule has 2 amide bonds. The molecule has 1 saturated carbocycles. The van der Waals surface area contributed by atoms with Gasteiger partial charge in [0.05, 0.1) is 11.2 Å². The minimum atomic E-state index is -1.04. The number of carbonyl (C=O) groups is 3. The fourth-order valence-electron chi connectivity index (χ4n) is 4.45. The second-order valence-electron chi connectivity index (χ2n) is 9.29. The number of carbonyl (C=O) groups excluding carboxylic acids is 2. The molecule has 0 spiro atoms. The third-order valence-corrected chi connectivity index (χ3v) is 8.13. The normalized spacial score (nSPS) is 17.3. The quantitative estimate of drug-likeness (QED) is 0.318. The molecule has 192 valence electrons. The summed E-state index contributed by atoms with van der Waals surface area (Å²) < 4.78 is 0. The number of nitrogens with one attached hydrogen (secondary N) is 1. The van der Waals surface area contributed by atoms with Crippen LogP contribution in [0.5, 0.6) is 0 Å². The van der Waals surface area contributed by atoms with E-state index in [1.165, 1.54) is 11.3 Å². The summed E-state index contributed by atoms with van der Waals surface area (Å²) >= 11 is 2.51. The van der Waals surface area contributed by atoms with Crippen LogP contribution in [0, 0.1) is 11.8 Å². The molecule has 1 aliphatic carbocycles. The largest absolute Gasteiger partial charge is 0.477 e. The summed E-state index contributed by atoms with van der Waals surface area (Å²) in [7, 11) is 0. The molecule has 1 aliphatic rings. The van der Waals surface area contributed by atoms with Crippen LogP contribution in [0.1, 0.15) is 66.6 Å². The first-order valence-corrected chi connectivity index (χ1v) is 13.5. The molecule has 0 radical (unpaired) electrons. The molecule has 4 rings (SSSR count). The first kappa shape index (κ1) is 27.5. The first-order chi connectivity index (χ1) is 16.7. The number of carboxylic acids is 1. The number of aromatic nitrogens is 1. The van der Waals surface area contributed by atoms with E-state index >= 15 is 0 Å². The van der Waals surface area contributed by atoms with Crippen molar-refractivity contribution in [2.24, 2.45) is 11.8 Å². The summed E-state index contributed by atoms with van der Waals surface area (Å²) in [6.45, 7) is 6.06. The third kappa shape index (κ3) is 6.00. The lowest BCUT2D eigenvalue weighted by Crippen LogP contribution is -2.42. The van der Waals surface area contributed by atoms with Gasteiger partial charge in [-0.2, -0.15) is 0 Å². The smallest absolute Gasteiger partial charge is 0.348 e. The number of hydrogen-bond donors (Lipinski definition) is 3. The number of carboxylic acid groups (broad SMARTS) is 1. The van der Waals surface area contributed by atoms with Gasteiger partial charge in [0.2, 0.25) is 5.91 Å². The van der Waals surface area contributed by atoms with E-state index in [-0.39, 0.29) is 34.8 Å². The zero-order chi connectivity index (χ0) is 25.1. The van der Waals surface area contributed by atoms with Crippen molar-refractivity contribution in [3.63, 3.8) is 0 Å². The van der Waals surface area contributed by atoms with Gasteiger partial charge in [-0.05, 0) is 69.2 Å². The van der Waals surface area contributed by atoms with E-state index in [0.717, 1.165) is 47.5 Å². The molecule has 0 aliphatic heterocycles. The summed E-state index contributed by atoms with van der Waals surface area (Å²) in [5.74, 6) is -0.755. The number of thiophene rings is 1. The Balaban J connectivity index is 0.00000361. The van der Waals surface area contributed by atoms with E-state index < -0.39 is 5.97 Å². The van der Waals surface area contributed by atoms with Crippen molar-refractivity contribution in [1.82, 2.24) is 11.1 Å². The summed E-state index contributed by atoms with van der Waals surface area (Å²) in [6, 6.07) is 8.86. The highest BCUT2D eigenvalue weighted by Gasteiger charge is 2.33. The zero-order valence-electron chi connectivity index (χ0n) is 20.7. The average molecular weight is 529 g/mol. The van der Waals surface area contributed by atoms with Crippen molar-refractivity contribution in [2.75, 3.05) is 10.2 Å². The molecule has 2 heterocycles. The SMILES string of the molecule is CC(C)N(c1cc(-c2ccc(NC(=O)c3cscn3)cc2)sc1C(=O)O)C(=O)[C@H]1CC[C@H](C)CC1.N. The molecule has 0 saturated heterocycles. The van der Waals surface area contributed by atoms with Gasteiger partial charge in [0.15, 0.2) is 0 Å². The summed E-state index contributed by atoms with van der Waals surface area (Å²) in [5.41, 5.74) is 3.85. The monoisotopic (exact) mass is 528 g/mol. The second-order valence-corrected chi connectivity index (χ2v) is 11.1. The van der Waals surface area contributed by atoms with Crippen molar-refractivity contribution >= 4 is 51.8 Å². The van der Waals surface area contributed by atoms with E-state index in [1.54, 1.807) is 34.0 Å². The van der Waals surface area contributed by atoms with E-state index in [1.807, 2.05) is 26.0 Å². The van der Waals surface area contributed by atoms with Gasteiger partial charge in [0.25, 0.3) is 5.91 Å². The standard InChI is InChI=1S/C26H29N3O4S2.H3N/c1-15(2)29(25(31)18-6-4-16(3)5-7-18)21-12-22(35-23(21)26(32)33)17-8-10-19(11-9-17)28-24(30)20-13-34-14-27-20;/h8-16,18H,4-7H2,1-3H3,(H,28,30)(H,32,33);1H3/t16-,18-;. The Labute approximate surface area is 219 Å². The van der Waals surface area contributed by atoms with E-state index in [2.05, 4.69) is 17.2 Å². The van der Waals surface area contributed by atoms with Crippen LogP contribution in [-0.2, 0) is 4.79 Å². The lowest BCUT2D eigenvalue weighted by atomic mass is 9.82. The maximum atomic E-state index is 13.5. The topological polar surface area (TPSA) is 135 Å². The molecular formula is C26H32N4O4S2. The number of rotatable bonds is 7. The Kier molecular flexibility index (Phi) is 8.99. The molecule has 8 nitrogen and oxygen atoms in total. The van der Waals surface area contributed by atoms with E-state index in [0.29, 0.717) is 23.0 Å². The van der Waals surface area contributed by atoms with Gasteiger partial charge in [-0.25, -0.2) is 9.78 Å². The molecule has 0 atom stereocenters. The molecule has 5 N–H and O–H groups in total. The van der Waals surface area contributed by atoms with Gasteiger partial charge in [0.1, 0.15) is 10.6 Å². The van der Waals surface area contributed by atoms with E-state index in [9.17, 15) is 19.5 Å². The van der Waals surface area contributed by atoms with Crippen LogP contribution in [0.2, 0.25) is 0 Å². The molecule has 0 bridgehead atoms. The van der Waals surface area contributed by atoms with Gasteiger partial charge in [-0.3, -0.25) is 9.59 Å². The van der Waals surface area contributed by atoms with Crippen LogP contribution in [0.4, 0.5) is 11.4 Å². The van der Waals surface area contributed by atoms with Gasteiger partial charge < -0.3 is 21.5 Å². The highest BCUT2D eigenvalue weighted by Crippen LogP contribution is 2.40. The van der Waals surface area contributed by atoms with Crippen molar-refractivity contribution in [2.45, 2.75) is 52.5 Å². The van der Waals surface area contributed by atoms with E-state index in [4.69, 9.17) is 0 Å². The molecule has 0 unspecified atom stereocenters. The van der Waals surface area contributed by atoms with Crippen molar-refractivity contribution in [1.29, 1.82) is 0 Å². The third-order valence-electron chi connectivity index (χ3n) is 6.38. The summed E-state index contributed by atoms with van der Waals surface area (Å²) in [5, 5.41) is 14.4. The molecule has 10 heteroatoms.